The number of rotatable bonds is 7. The first-order valence-electron chi connectivity index (χ1n) is 9.31. The minimum atomic E-state index is 0.592. The van der Waals surface area contributed by atoms with Crippen molar-refractivity contribution in [1.82, 2.24) is 9.88 Å². The molecule has 1 N–H and O–H groups in total. The molecule has 0 spiro atoms. The highest BCUT2D eigenvalue weighted by molar-refractivity contribution is 5.81. The molecule has 0 fully saturated rings. The third-order valence-electron chi connectivity index (χ3n) is 4.77. The average Bonchev–Trinajstić information content (AvgIpc) is 3.06. The van der Waals surface area contributed by atoms with Crippen LogP contribution < -0.4 is 10.1 Å². The maximum absolute atomic E-state index is 5.90. The molecule has 1 heterocycles. The van der Waals surface area contributed by atoms with Crippen LogP contribution in [-0.2, 0) is 19.7 Å². The number of aromatic nitrogens is 1. The van der Waals surface area contributed by atoms with E-state index in [4.69, 9.17) is 4.74 Å². The lowest BCUT2D eigenvalue weighted by Crippen LogP contribution is -2.11. The average molecular weight is 356 g/mol. The molecule has 136 valence electrons. The number of hydrogen-bond donors (Lipinski definition) is 1. The van der Waals surface area contributed by atoms with E-state index >= 15 is 0 Å². The summed E-state index contributed by atoms with van der Waals surface area (Å²) >= 11 is 0. The van der Waals surface area contributed by atoms with Crippen molar-refractivity contribution in [3.63, 3.8) is 0 Å². The second-order valence-corrected chi connectivity index (χ2v) is 6.73. The normalized spacial score (nSPS) is 11.0. The van der Waals surface area contributed by atoms with Crippen molar-refractivity contribution in [3.05, 3.63) is 102 Å². The van der Waals surface area contributed by atoms with E-state index in [1.165, 1.54) is 27.7 Å². The van der Waals surface area contributed by atoms with Gasteiger partial charge in [-0.2, -0.15) is 0 Å². The fourth-order valence-electron chi connectivity index (χ4n) is 3.40. The van der Waals surface area contributed by atoms with Crippen molar-refractivity contribution in [1.29, 1.82) is 0 Å². The Kier molecular flexibility index (Phi) is 5.22. The lowest BCUT2D eigenvalue weighted by atomic mass is 10.2. The smallest absolute Gasteiger partial charge is 0.119 e. The van der Waals surface area contributed by atoms with Gasteiger partial charge < -0.3 is 14.6 Å². The predicted molar refractivity (Wildman–Crippen MR) is 111 cm³/mol. The summed E-state index contributed by atoms with van der Waals surface area (Å²) in [5.74, 6) is 0.899. The van der Waals surface area contributed by atoms with Crippen LogP contribution in [0.1, 0.15) is 16.8 Å². The zero-order chi connectivity index (χ0) is 18.5. The summed E-state index contributed by atoms with van der Waals surface area (Å²) in [6.45, 7) is 2.30. The lowest BCUT2D eigenvalue weighted by molar-refractivity contribution is 0.306. The first-order chi connectivity index (χ1) is 13.3. The van der Waals surface area contributed by atoms with Gasteiger partial charge in [0.15, 0.2) is 0 Å². The summed E-state index contributed by atoms with van der Waals surface area (Å²) in [5, 5.41) is 4.55. The van der Waals surface area contributed by atoms with Gasteiger partial charge in [0, 0.05) is 24.3 Å². The quantitative estimate of drug-likeness (QED) is 0.505. The van der Waals surface area contributed by atoms with Crippen LogP contribution in [0.15, 0.2) is 84.9 Å². The molecule has 0 aliphatic rings. The molecule has 0 amide bonds. The van der Waals surface area contributed by atoms with Crippen molar-refractivity contribution in [2.45, 2.75) is 19.7 Å². The van der Waals surface area contributed by atoms with Crippen LogP contribution in [-0.4, -0.2) is 11.6 Å². The Morgan fingerprint density at radius 3 is 2.33 bits per heavy atom. The third-order valence-corrected chi connectivity index (χ3v) is 4.77. The minimum Gasteiger partial charge on any atom is -0.489 e. The second kappa shape index (κ2) is 8.11. The molecule has 3 heteroatoms. The molecule has 0 aliphatic carbocycles. The highest BCUT2D eigenvalue weighted by Crippen LogP contribution is 2.22. The summed E-state index contributed by atoms with van der Waals surface area (Å²) in [7, 11) is 1.99. The molecule has 27 heavy (non-hydrogen) atoms. The summed E-state index contributed by atoms with van der Waals surface area (Å²) < 4.78 is 8.28. The van der Waals surface area contributed by atoms with E-state index < -0.39 is 0 Å². The Bertz CT molecular complexity index is 1000. The van der Waals surface area contributed by atoms with Crippen molar-refractivity contribution in [2.24, 2.45) is 0 Å². The standard InChI is InChI=1S/C24H24N2O/c1-25-16-22-15-21-9-5-6-10-24(21)26(22)17-19-11-13-23(14-12-19)27-18-20-7-3-2-4-8-20/h2-15,25H,16-18H2,1H3. The zero-order valence-electron chi connectivity index (χ0n) is 15.6. The van der Waals surface area contributed by atoms with Gasteiger partial charge in [-0.3, -0.25) is 0 Å². The van der Waals surface area contributed by atoms with E-state index in [0.29, 0.717) is 6.61 Å². The molecule has 0 saturated carbocycles. The van der Waals surface area contributed by atoms with Gasteiger partial charge in [-0.15, -0.1) is 0 Å². The van der Waals surface area contributed by atoms with E-state index in [9.17, 15) is 0 Å². The molecule has 0 aliphatic heterocycles. The lowest BCUT2D eigenvalue weighted by Gasteiger charge is -2.12. The van der Waals surface area contributed by atoms with Crippen LogP contribution >= 0.6 is 0 Å². The van der Waals surface area contributed by atoms with E-state index in [2.05, 4.69) is 76.6 Å². The first-order valence-corrected chi connectivity index (χ1v) is 9.31. The molecule has 1 aromatic heterocycles. The molecule has 3 aromatic carbocycles. The van der Waals surface area contributed by atoms with Gasteiger partial charge >= 0.3 is 0 Å². The van der Waals surface area contributed by atoms with Crippen molar-refractivity contribution in [3.8, 4) is 5.75 Å². The van der Waals surface area contributed by atoms with Crippen LogP contribution in [0.3, 0.4) is 0 Å². The Morgan fingerprint density at radius 2 is 1.56 bits per heavy atom. The number of nitrogens with one attached hydrogen (secondary N) is 1. The van der Waals surface area contributed by atoms with E-state index in [-0.39, 0.29) is 0 Å². The van der Waals surface area contributed by atoms with Gasteiger partial charge in [0.2, 0.25) is 0 Å². The largest absolute Gasteiger partial charge is 0.489 e. The van der Waals surface area contributed by atoms with Crippen LogP contribution in [0, 0.1) is 0 Å². The second-order valence-electron chi connectivity index (χ2n) is 6.73. The minimum absolute atomic E-state index is 0.592. The van der Waals surface area contributed by atoms with Gasteiger partial charge in [-0.05, 0) is 47.8 Å². The number of para-hydroxylation sites is 1. The van der Waals surface area contributed by atoms with Crippen molar-refractivity contribution < 1.29 is 4.74 Å². The predicted octanol–water partition coefficient (Wildman–Crippen LogP) is 4.99. The van der Waals surface area contributed by atoms with Crippen LogP contribution in [0.2, 0.25) is 0 Å². The Labute approximate surface area is 160 Å². The number of nitrogens with zero attached hydrogens (tertiary/aromatic N) is 1. The Morgan fingerprint density at radius 1 is 0.815 bits per heavy atom. The van der Waals surface area contributed by atoms with E-state index in [1.807, 2.05) is 25.2 Å². The third kappa shape index (κ3) is 4.04. The molecule has 0 saturated heterocycles. The first kappa shape index (κ1) is 17.4. The maximum atomic E-state index is 5.90. The van der Waals surface area contributed by atoms with Crippen LogP contribution in [0.5, 0.6) is 5.75 Å². The maximum Gasteiger partial charge on any atom is 0.119 e. The zero-order valence-corrected chi connectivity index (χ0v) is 15.6. The SMILES string of the molecule is CNCc1cc2ccccc2n1Cc1ccc(OCc2ccccc2)cc1. The fourth-order valence-corrected chi connectivity index (χ4v) is 3.40. The monoisotopic (exact) mass is 356 g/mol. The van der Waals surface area contributed by atoms with Gasteiger partial charge in [-0.25, -0.2) is 0 Å². The van der Waals surface area contributed by atoms with Crippen LogP contribution in [0.25, 0.3) is 10.9 Å². The molecule has 0 atom stereocenters. The molecule has 0 unspecified atom stereocenters. The van der Waals surface area contributed by atoms with Gasteiger partial charge in [-0.1, -0.05) is 60.7 Å². The van der Waals surface area contributed by atoms with Crippen molar-refractivity contribution in [2.75, 3.05) is 7.05 Å². The number of hydrogen-bond acceptors (Lipinski definition) is 2. The molecule has 0 bridgehead atoms. The molecular formula is C24H24N2O. The Balaban J connectivity index is 1.50. The Hall–Kier alpha value is -3.04. The fraction of sp³-hybridized carbons (Fsp3) is 0.167. The summed E-state index contributed by atoms with van der Waals surface area (Å²) in [5.41, 5.74) is 5.01. The number of benzene rings is 3. The molecule has 4 rings (SSSR count). The summed E-state index contributed by atoms with van der Waals surface area (Å²) in [6, 6.07) is 29.5. The molecule has 3 nitrogen and oxygen atoms in total. The topological polar surface area (TPSA) is 26.2 Å². The van der Waals surface area contributed by atoms with E-state index in [0.717, 1.165) is 18.8 Å². The molecule has 0 radical (unpaired) electrons. The van der Waals surface area contributed by atoms with Gasteiger partial charge in [0.1, 0.15) is 12.4 Å². The van der Waals surface area contributed by atoms with Crippen LogP contribution in [0.4, 0.5) is 0 Å². The summed E-state index contributed by atoms with van der Waals surface area (Å²) in [6.07, 6.45) is 0. The molecule has 4 aromatic rings. The van der Waals surface area contributed by atoms with Gasteiger partial charge in [0.05, 0.1) is 0 Å². The number of ether oxygens (including phenoxy) is 1. The van der Waals surface area contributed by atoms with Crippen molar-refractivity contribution >= 4 is 10.9 Å². The van der Waals surface area contributed by atoms with E-state index in [1.54, 1.807) is 0 Å². The number of fused-ring (bicyclic) bond motifs is 1. The summed E-state index contributed by atoms with van der Waals surface area (Å²) in [4.78, 5) is 0. The van der Waals surface area contributed by atoms with Gasteiger partial charge in [0.25, 0.3) is 0 Å². The molecular weight excluding hydrogens is 332 g/mol. The highest BCUT2D eigenvalue weighted by Gasteiger charge is 2.08. The highest BCUT2D eigenvalue weighted by atomic mass is 16.5.